The minimum atomic E-state index is -0.121. The van der Waals surface area contributed by atoms with Gasteiger partial charge in [-0.3, -0.25) is 4.79 Å². The van der Waals surface area contributed by atoms with Crippen LogP contribution in [0.25, 0.3) is 10.9 Å². The lowest BCUT2D eigenvalue weighted by atomic mass is 10.1. The minimum Gasteiger partial charge on any atom is -0.473 e. The number of amides is 1. The number of nitrogens with one attached hydrogen (secondary N) is 1. The van der Waals surface area contributed by atoms with E-state index in [1.54, 1.807) is 6.07 Å². The van der Waals surface area contributed by atoms with E-state index < -0.39 is 0 Å². The molecule has 3 aromatic carbocycles. The van der Waals surface area contributed by atoms with E-state index in [4.69, 9.17) is 4.74 Å². The number of benzene rings is 3. The summed E-state index contributed by atoms with van der Waals surface area (Å²) in [6.07, 6.45) is 0.784. The molecule has 0 bridgehead atoms. The monoisotopic (exact) mass is 396 g/mol. The van der Waals surface area contributed by atoms with Gasteiger partial charge in [0.15, 0.2) is 0 Å². The SMILES string of the molecule is Cc1ccc(COc2cc(C(=O)NCCc3ccccc3)c3ccccc3n2)cc1. The van der Waals surface area contributed by atoms with Crippen LogP contribution in [0, 0.1) is 6.92 Å². The van der Waals surface area contributed by atoms with Gasteiger partial charge in [-0.1, -0.05) is 78.4 Å². The molecule has 1 aromatic heterocycles. The largest absolute Gasteiger partial charge is 0.473 e. The Balaban J connectivity index is 1.50. The highest BCUT2D eigenvalue weighted by atomic mass is 16.5. The van der Waals surface area contributed by atoms with Crippen molar-refractivity contribution in [2.24, 2.45) is 0 Å². The first-order chi connectivity index (χ1) is 14.7. The quantitative estimate of drug-likeness (QED) is 0.473. The molecule has 30 heavy (non-hydrogen) atoms. The number of hydrogen-bond donors (Lipinski definition) is 1. The zero-order valence-corrected chi connectivity index (χ0v) is 17.0. The molecule has 0 saturated carbocycles. The number of para-hydroxylation sites is 1. The van der Waals surface area contributed by atoms with Crippen molar-refractivity contribution in [2.75, 3.05) is 6.54 Å². The van der Waals surface area contributed by atoms with Crippen LogP contribution in [-0.4, -0.2) is 17.4 Å². The molecule has 0 saturated heterocycles. The van der Waals surface area contributed by atoms with E-state index >= 15 is 0 Å². The van der Waals surface area contributed by atoms with Crippen LogP contribution in [0.15, 0.2) is 84.9 Å². The van der Waals surface area contributed by atoms with Crippen molar-refractivity contribution in [1.29, 1.82) is 0 Å². The Morgan fingerprint density at radius 1 is 0.900 bits per heavy atom. The fraction of sp³-hybridized carbons (Fsp3) is 0.154. The van der Waals surface area contributed by atoms with Crippen LogP contribution in [0.1, 0.15) is 27.0 Å². The average molecular weight is 396 g/mol. The second-order valence-corrected chi connectivity index (χ2v) is 7.29. The summed E-state index contributed by atoms with van der Waals surface area (Å²) in [6.45, 7) is 3.03. The standard InChI is InChI=1S/C26H24N2O2/c1-19-11-13-21(14-12-19)18-30-25-17-23(22-9-5-6-10-24(22)28-25)26(29)27-16-15-20-7-3-2-4-8-20/h2-14,17H,15-16,18H2,1H3,(H,27,29). The van der Waals surface area contributed by atoms with E-state index in [0.29, 0.717) is 24.6 Å². The van der Waals surface area contributed by atoms with E-state index in [0.717, 1.165) is 22.9 Å². The lowest BCUT2D eigenvalue weighted by Gasteiger charge is -2.11. The number of rotatable bonds is 7. The van der Waals surface area contributed by atoms with Gasteiger partial charge in [-0.05, 0) is 30.5 Å². The normalized spacial score (nSPS) is 10.7. The van der Waals surface area contributed by atoms with Crippen molar-refractivity contribution in [3.8, 4) is 5.88 Å². The van der Waals surface area contributed by atoms with Gasteiger partial charge in [-0.15, -0.1) is 0 Å². The Morgan fingerprint density at radius 3 is 2.43 bits per heavy atom. The summed E-state index contributed by atoms with van der Waals surface area (Å²) >= 11 is 0. The molecule has 1 N–H and O–H groups in total. The molecular weight excluding hydrogens is 372 g/mol. The van der Waals surface area contributed by atoms with E-state index in [9.17, 15) is 4.79 Å². The summed E-state index contributed by atoms with van der Waals surface area (Å²) in [7, 11) is 0. The Hall–Kier alpha value is -3.66. The van der Waals surface area contributed by atoms with E-state index in [2.05, 4.69) is 41.5 Å². The molecule has 0 fully saturated rings. The lowest BCUT2D eigenvalue weighted by molar-refractivity contribution is 0.0955. The molecule has 4 aromatic rings. The molecule has 4 heteroatoms. The van der Waals surface area contributed by atoms with Crippen molar-refractivity contribution in [3.05, 3.63) is 107 Å². The number of hydrogen-bond acceptors (Lipinski definition) is 3. The van der Waals surface area contributed by atoms with Crippen molar-refractivity contribution < 1.29 is 9.53 Å². The van der Waals surface area contributed by atoms with Crippen molar-refractivity contribution in [3.63, 3.8) is 0 Å². The van der Waals surface area contributed by atoms with Crippen LogP contribution in [-0.2, 0) is 13.0 Å². The van der Waals surface area contributed by atoms with E-state index in [1.807, 2.05) is 54.6 Å². The van der Waals surface area contributed by atoms with Gasteiger partial charge in [-0.2, -0.15) is 0 Å². The molecule has 0 aliphatic heterocycles. The van der Waals surface area contributed by atoms with E-state index in [-0.39, 0.29) is 5.91 Å². The van der Waals surface area contributed by atoms with Gasteiger partial charge in [0.25, 0.3) is 5.91 Å². The number of ether oxygens (including phenoxy) is 1. The number of pyridine rings is 1. The van der Waals surface area contributed by atoms with Gasteiger partial charge >= 0.3 is 0 Å². The first kappa shape index (κ1) is 19.6. The highest BCUT2D eigenvalue weighted by Gasteiger charge is 2.13. The second kappa shape index (κ2) is 9.23. The maximum atomic E-state index is 12.9. The predicted molar refractivity (Wildman–Crippen MR) is 120 cm³/mol. The zero-order valence-electron chi connectivity index (χ0n) is 17.0. The third-order valence-electron chi connectivity index (χ3n) is 4.99. The molecule has 150 valence electrons. The molecule has 0 radical (unpaired) electrons. The Labute approximate surface area is 176 Å². The Morgan fingerprint density at radius 2 is 1.63 bits per heavy atom. The molecule has 0 aliphatic rings. The van der Waals surface area contributed by atoms with Crippen LogP contribution in [0.2, 0.25) is 0 Å². The van der Waals surface area contributed by atoms with Crippen LogP contribution in [0.5, 0.6) is 5.88 Å². The van der Waals surface area contributed by atoms with Gasteiger partial charge < -0.3 is 10.1 Å². The highest BCUT2D eigenvalue weighted by molar-refractivity contribution is 6.06. The number of carbonyl (C=O) groups is 1. The first-order valence-corrected chi connectivity index (χ1v) is 10.1. The molecule has 0 atom stereocenters. The summed E-state index contributed by atoms with van der Waals surface area (Å²) in [6, 6.07) is 27.7. The van der Waals surface area contributed by atoms with Gasteiger partial charge in [-0.25, -0.2) is 4.98 Å². The van der Waals surface area contributed by atoms with Crippen LogP contribution in [0.4, 0.5) is 0 Å². The Kier molecular flexibility index (Phi) is 6.04. The van der Waals surface area contributed by atoms with Gasteiger partial charge in [0, 0.05) is 18.0 Å². The van der Waals surface area contributed by atoms with Gasteiger partial charge in [0.05, 0.1) is 11.1 Å². The van der Waals surface area contributed by atoms with Crippen molar-refractivity contribution in [1.82, 2.24) is 10.3 Å². The third kappa shape index (κ3) is 4.84. The third-order valence-corrected chi connectivity index (χ3v) is 4.99. The van der Waals surface area contributed by atoms with Crippen molar-refractivity contribution in [2.45, 2.75) is 20.0 Å². The highest BCUT2D eigenvalue weighted by Crippen LogP contribution is 2.23. The maximum Gasteiger partial charge on any atom is 0.252 e. The minimum absolute atomic E-state index is 0.121. The first-order valence-electron chi connectivity index (χ1n) is 10.1. The molecule has 0 aliphatic carbocycles. The number of fused-ring (bicyclic) bond motifs is 1. The zero-order chi connectivity index (χ0) is 20.8. The number of aromatic nitrogens is 1. The number of nitrogens with zero attached hydrogens (tertiary/aromatic N) is 1. The Bertz CT molecular complexity index is 1140. The number of carbonyl (C=O) groups excluding carboxylic acids is 1. The smallest absolute Gasteiger partial charge is 0.252 e. The summed E-state index contributed by atoms with van der Waals surface area (Å²) in [5, 5.41) is 3.84. The summed E-state index contributed by atoms with van der Waals surface area (Å²) in [5.41, 5.74) is 4.78. The molecule has 4 nitrogen and oxygen atoms in total. The lowest BCUT2D eigenvalue weighted by Crippen LogP contribution is -2.26. The second-order valence-electron chi connectivity index (χ2n) is 7.29. The molecule has 4 rings (SSSR count). The number of aryl methyl sites for hydroxylation is 1. The molecule has 1 heterocycles. The molecular formula is C26H24N2O2. The fourth-order valence-electron chi connectivity index (χ4n) is 3.31. The topological polar surface area (TPSA) is 51.2 Å². The maximum absolute atomic E-state index is 12.9. The summed E-state index contributed by atoms with van der Waals surface area (Å²) in [5.74, 6) is 0.326. The predicted octanol–water partition coefficient (Wildman–Crippen LogP) is 5.09. The van der Waals surface area contributed by atoms with Crippen LogP contribution >= 0.6 is 0 Å². The summed E-state index contributed by atoms with van der Waals surface area (Å²) < 4.78 is 5.91. The van der Waals surface area contributed by atoms with Crippen LogP contribution in [0.3, 0.4) is 0 Å². The van der Waals surface area contributed by atoms with Crippen LogP contribution < -0.4 is 10.1 Å². The summed E-state index contributed by atoms with van der Waals surface area (Å²) in [4.78, 5) is 17.5. The molecule has 0 spiro atoms. The van der Waals surface area contributed by atoms with Gasteiger partial charge in [0.1, 0.15) is 6.61 Å². The molecule has 1 amide bonds. The van der Waals surface area contributed by atoms with Gasteiger partial charge in [0.2, 0.25) is 5.88 Å². The molecule has 0 unspecified atom stereocenters. The fourth-order valence-corrected chi connectivity index (χ4v) is 3.31. The van der Waals surface area contributed by atoms with E-state index in [1.165, 1.54) is 11.1 Å². The van der Waals surface area contributed by atoms with Crippen molar-refractivity contribution >= 4 is 16.8 Å². The average Bonchev–Trinajstić information content (AvgIpc) is 2.79.